The Balaban J connectivity index is 1.74. The lowest BCUT2D eigenvalue weighted by Crippen LogP contribution is -2.31. The predicted molar refractivity (Wildman–Crippen MR) is 85.0 cm³/mol. The lowest BCUT2D eigenvalue weighted by atomic mass is 10.3. The Bertz CT molecular complexity index is 621. The first kappa shape index (κ1) is 16.5. The van der Waals surface area contributed by atoms with Gasteiger partial charge in [0.15, 0.2) is 0 Å². The molecule has 1 aliphatic heterocycles. The van der Waals surface area contributed by atoms with Crippen LogP contribution >= 0.6 is 0 Å². The van der Waals surface area contributed by atoms with Gasteiger partial charge in [-0.15, -0.1) is 0 Å². The normalized spacial score (nSPS) is 14.5. The topological polar surface area (TPSA) is 98.1 Å². The van der Waals surface area contributed by atoms with Gasteiger partial charge >= 0.3 is 0 Å². The summed E-state index contributed by atoms with van der Waals surface area (Å²) in [6.07, 6.45) is 5.14. The summed E-state index contributed by atoms with van der Waals surface area (Å²) < 4.78 is 0. The van der Waals surface area contributed by atoms with E-state index in [9.17, 15) is 9.59 Å². The summed E-state index contributed by atoms with van der Waals surface area (Å²) in [5, 5.41) is 14.5. The van der Waals surface area contributed by atoms with Gasteiger partial charge in [-0.2, -0.15) is 5.26 Å². The maximum Gasteiger partial charge on any atom is 0.263 e. The van der Waals surface area contributed by atoms with Gasteiger partial charge in [0.2, 0.25) is 5.91 Å². The van der Waals surface area contributed by atoms with E-state index in [4.69, 9.17) is 5.26 Å². The molecule has 1 fully saturated rings. The Kier molecular flexibility index (Phi) is 6.12. The average molecular weight is 313 g/mol. The number of nitrogens with one attached hydrogen (secondary N) is 2. The zero-order valence-electron chi connectivity index (χ0n) is 12.8. The molecule has 0 aromatic carbocycles. The van der Waals surface area contributed by atoms with Crippen LogP contribution in [0.1, 0.15) is 19.3 Å². The molecular formula is C16H19N5O2. The van der Waals surface area contributed by atoms with Crippen LogP contribution in [-0.2, 0) is 9.59 Å². The molecule has 7 nitrogen and oxygen atoms in total. The third kappa shape index (κ3) is 5.11. The second-order valence-corrected chi connectivity index (χ2v) is 5.12. The van der Waals surface area contributed by atoms with Gasteiger partial charge in [0.05, 0.1) is 0 Å². The van der Waals surface area contributed by atoms with Gasteiger partial charge < -0.3 is 15.5 Å². The minimum absolute atomic E-state index is 0.0205. The number of carbonyl (C=O) groups excluding carboxylic acids is 2. The predicted octanol–water partition coefficient (Wildman–Crippen LogP) is 1.03. The van der Waals surface area contributed by atoms with Crippen LogP contribution < -0.4 is 10.6 Å². The molecule has 1 saturated heterocycles. The van der Waals surface area contributed by atoms with E-state index in [-0.39, 0.29) is 11.5 Å². The molecule has 23 heavy (non-hydrogen) atoms. The van der Waals surface area contributed by atoms with Gasteiger partial charge in [-0.1, -0.05) is 6.07 Å². The van der Waals surface area contributed by atoms with E-state index in [2.05, 4.69) is 15.6 Å². The van der Waals surface area contributed by atoms with Gasteiger partial charge in [-0.3, -0.25) is 9.59 Å². The van der Waals surface area contributed by atoms with Gasteiger partial charge in [0.1, 0.15) is 17.5 Å². The molecule has 2 amide bonds. The van der Waals surface area contributed by atoms with Crippen molar-refractivity contribution < 1.29 is 9.59 Å². The van der Waals surface area contributed by atoms with Crippen molar-refractivity contribution in [3.8, 4) is 6.07 Å². The number of anilines is 1. The summed E-state index contributed by atoms with van der Waals surface area (Å²) in [5.41, 5.74) is -0.0205. The summed E-state index contributed by atoms with van der Waals surface area (Å²) in [7, 11) is 0. The monoisotopic (exact) mass is 313 g/mol. The third-order valence-electron chi connectivity index (χ3n) is 3.46. The Hall–Kier alpha value is -2.88. The van der Waals surface area contributed by atoms with Crippen molar-refractivity contribution in [3.63, 3.8) is 0 Å². The summed E-state index contributed by atoms with van der Waals surface area (Å²) in [5.74, 6) is 0.290. The van der Waals surface area contributed by atoms with Crippen molar-refractivity contribution in [3.05, 3.63) is 36.2 Å². The van der Waals surface area contributed by atoms with Crippen LogP contribution in [0.15, 0.2) is 36.2 Å². The Morgan fingerprint density at radius 1 is 1.48 bits per heavy atom. The van der Waals surface area contributed by atoms with Crippen LogP contribution in [0.3, 0.4) is 0 Å². The Labute approximate surface area is 135 Å². The number of rotatable bonds is 7. The molecule has 1 aliphatic rings. The molecule has 2 rings (SSSR count). The van der Waals surface area contributed by atoms with E-state index in [0.717, 1.165) is 13.0 Å². The number of hydrogen-bond acceptors (Lipinski definition) is 5. The fourth-order valence-electron chi connectivity index (χ4n) is 2.25. The molecule has 2 heterocycles. The van der Waals surface area contributed by atoms with E-state index in [1.165, 1.54) is 6.20 Å². The maximum atomic E-state index is 11.9. The van der Waals surface area contributed by atoms with Crippen molar-refractivity contribution >= 4 is 17.6 Å². The molecular weight excluding hydrogens is 294 g/mol. The van der Waals surface area contributed by atoms with E-state index in [1.807, 2.05) is 6.07 Å². The quantitative estimate of drug-likeness (QED) is 0.445. The summed E-state index contributed by atoms with van der Waals surface area (Å²) in [6, 6.07) is 7.16. The highest BCUT2D eigenvalue weighted by Gasteiger charge is 2.19. The van der Waals surface area contributed by atoms with Gasteiger partial charge in [0.25, 0.3) is 5.91 Å². The second kappa shape index (κ2) is 8.54. The van der Waals surface area contributed by atoms with Gasteiger partial charge in [-0.25, -0.2) is 4.98 Å². The minimum Gasteiger partial charge on any atom is -0.351 e. The van der Waals surface area contributed by atoms with Crippen molar-refractivity contribution in [2.75, 3.05) is 25.0 Å². The highest BCUT2D eigenvalue weighted by atomic mass is 16.2. The van der Waals surface area contributed by atoms with Crippen molar-refractivity contribution in [2.24, 2.45) is 0 Å². The van der Waals surface area contributed by atoms with Gasteiger partial charge in [-0.05, 0) is 25.0 Å². The summed E-state index contributed by atoms with van der Waals surface area (Å²) >= 11 is 0. The Morgan fingerprint density at radius 2 is 2.35 bits per heavy atom. The molecule has 0 aliphatic carbocycles. The van der Waals surface area contributed by atoms with E-state index < -0.39 is 5.91 Å². The Morgan fingerprint density at radius 3 is 3.00 bits per heavy atom. The molecule has 0 radical (unpaired) electrons. The molecule has 120 valence electrons. The number of amides is 2. The molecule has 1 aromatic heterocycles. The van der Waals surface area contributed by atoms with Crippen LogP contribution in [0.5, 0.6) is 0 Å². The maximum absolute atomic E-state index is 11.9. The van der Waals surface area contributed by atoms with Crippen molar-refractivity contribution in [1.29, 1.82) is 5.26 Å². The number of pyridine rings is 1. The highest BCUT2D eigenvalue weighted by Crippen LogP contribution is 2.09. The first-order valence-corrected chi connectivity index (χ1v) is 7.54. The fourth-order valence-corrected chi connectivity index (χ4v) is 2.25. The molecule has 0 saturated carbocycles. The zero-order chi connectivity index (χ0) is 16.5. The standard InChI is InChI=1S/C16H19N5O2/c17-11-13(12-20-14-5-1-2-7-18-14)16(23)19-8-4-10-21-9-3-6-15(21)22/h1-2,5,7,12H,3-4,6,8-10H2,(H,18,20)(H,19,23)/b13-12-. The number of likely N-dealkylation sites (tertiary alicyclic amines) is 1. The number of nitrogens with zero attached hydrogens (tertiary/aromatic N) is 3. The zero-order valence-corrected chi connectivity index (χ0v) is 12.8. The van der Waals surface area contributed by atoms with E-state index >= 15 is 0 Å². The van der Waals surface area contributed by atoms with Crippen LogP contribution in [0.2, 0.25) is 0 Å². The van der Waals surface area contributed by atoms with Crippen LogP contribution in [0.4, 0.5) is 5.82 Å². The molecule has 7 heteroatoms. The van der Waals surface area contributed by atoms with Crippen LogP contribution in [0, 0.1) is 11.3 Å². The fraction of sp³-hybridized carbons (Fsp3) is 0.375. The first-order valence-electron chi connectivity index (χ1n) is 7.54. The van der Waals surface area contributed by atoms with Crippen molar-refractivity contribution in [2.45, 2.75) is 19.3 Å². The molecule has 0 spiro atoms. The van der Waals surface area contributed by atoms with E-state index in [0.29, 0.717) is 31.7 Å². The highest BCUT2D eigenvalue weighted by molar-refractivity contribution is 5.97. The van der Waals surface area contributed by atoms with Crippen LogP contribution in [0.25, 0.3) is 0 Å². The van der Waals surface area contributed by atoms with Gasteiger partial charge in [0, 0.05) is 38.5 Å². The van der Waals surface area contributed by atoms with Crippen molar-refractivity contribution in [1.82, 2.24) is 15.2 Å². The summed E-state index contributed by atoms with van der Waals surface area (Å²) in [4.78, 5) is 29.2. The molecule has 1 aromatic rings. The lowest BCUT2D eigenvalue weighted by molar-refractivity contribution is -0.127. The first-order chi connectivity index (χ1) is 11.2. The number of aromatic nitrogens is 1. The molecule has 0 unspecified atom stereocenters. The molecule has 0 atom stereocenters. The third-order valence-corrected chi connectivity index (χ3v) is 3.46. The largest absolute Gasteiger partial charge is 0.351 e. The smallest absolute Gasteiger partial charge is 0.263 e. The molecule has 2 N–H and O–H groups in total. The molecule has 0 bridgehead atoms. The minimum atomic E-state index is -0.441. The average Bonchev–Trinajstić information content (AvgIpc) is 2.98. The van der Waals surface area contributed by atoms with E-state index in [1.54, 1.807) is 29.3 Å². The van der Waals surface area contributed by atoms with Crippen LogP contribution in [-0.4, -0.2) is 41.3 Å². The number of hydrogen-bond donors (Lipinski definition) is 2. The lowest BCUT2D eigenvalue weighted by Gasteiger charge is -2.15. The second-order valence-electron chi connectivity index (χ2n) is 5.12. The SMILES string of the molecule is N#C/C(=C/Nc1ccccn1)C(=O)NCCCN1CCCC1=O. The number of nitriles is 1. The summed E-state index contributed by atoms with van der Waals surface area (Å²) in [6.45, 7) is 1.85. The number of carbonyl (C=O) groups is 2.